The second-order valence-electron chi connectivity index (χ2n) is 7.57. The van der Waals surface area contributed by atoms with E-state index in [1.807, 2.05) is 24.3 Å². The Morgan fingerprint density at radius 1 is 0.828 bits per heavy atom. The topological polar surface area (TPSA) is 60.6 Å². The third kappa shape index (κ3) is 4.49. The Balaban J connectivity index is 1.55. The average Bonchev–Trinajstić information content (AvgIpc) is 3.28. The fraction of sp³-hybridized carbons (Fsp3) is 0.333. The number of rotatable bonds is 6. The first-order valence-electron chi connectivity index (χ1n) is 10.3. The lowest BCUT2D eigenvalue weighted by Crippen LogP contribution is -2.19. The second-order valence-corrected chi connectivity index (χ2v) is 7.57. The molecule has 0 aliphatic rings. The summed E-state index contributed by atoms with van der Waals surface area (Å²) < 4.78 is 0. The molecule has 0 spiro atoms. The van der Waals surface area contributed by atoms with Crippen molar-refractivity contribution < 1.29 is 0 Å². The molecule has 0 radical (unpaired) electrons. The molecule has 0 saturated carbocycles. The number of fused-ring (bicyclic) bond motifs is 2. The smallest absolute Gasteiger partial charge is 0.121 e. The molecule has 2 heterocycles. The van der Waals surface area contributed by atoms with E-state index in [-0.39, 0.29) is 0 Å². The van der Waals surface area contributed by atoms with Crippen molar-refractivity contribution in [2.24, 2.45) is 0 Å². The Bertz CT molecular complexity index is 1190. The molecule has 5 heteroatoms. The van der Waals surface area contributed by atoms with Crippen molar-refractivity contribution in [2.75, 3.05) is 13.6 Å². The van der Waals surface area contributed by atoms with E-state index in [0.29, 0.717) is 0 Å². The Labute approximate surface area is 171 Å². The molecule has 0 fully saturated rings. The summed E-state index contributed by atoms with van der Waals surface area (Å²) in [5.74, 6) is 8.59. The largest absolute Gasteiger partial charge is 0.342 e. The zero-order chi connectivity index (χ0) is 20.2. The van der Waals surface area contributed by atoms with Gasteiger partial charge in [-0.25, -0.2) is 9.97 Å². The number of aromatic nitrogens is 4. The highest BCUT2D eigenvalue weighted by Crippen LogP contribution is 2.16. The van der Waals surface area contributed by atoms with Gasteiger partial charge in [0.1, 0.15) is 11.6 Å². The molecular weight excluding hydrogens is 358 g/mol. The summed E-state index contributed by atoms with van der Waals surface area (Å²) in [4.78, 5) is 18.4. The predicted octanol–water partition coefficient (Wildman–Crippen LogP) is 4.63. The van der Waals surface area contributed by atoms with E-state index in [9.17, 15) is 0 Å². The molecule has 0 saturated heterocycles. The quantitative estimate of drug-likeness (QED) is 0.476. The highest BCUT2D eigenvalue weighted by Gasteiger charge is 2.06. The lowest BCUT2D eigenvalue weighted by atomic mass is 10.1. The van der Waals surface area contributed by atoms with Crippen molar-refractivity contribution in [3.05, 3.63) is 59.2 Å². The molecule has 0 amide bonds. The van der Waals surface area contributed by atoms with Gasteiger partial charge in [-0.05, 0) is 62.8 Å². The van der Waals surface area contributed by atoms with Crippen molar-refractivity contribution in [1.29, 1.82) is 0 Å². The molecular formula is C24H27N5. The number of hydrogen-bond acceptors (Lipinski definition) is 3. The van der Waals surface area contributed by atoms with Gasteiger partial charge < -0.3 is 9.97 Å². The van der Waals surface area contributed by atoms with Gasteiger partial charge in [0, 0.05) is 17.5 Å². The third-order valence-corrected chi connectivity index (χ3v) is 4.92. The van der Waals surface area contributed by atoms with Gasteiger partial charge in [-0.15, -0.1) is 0 Å². The monoisotopic (exact) mass is 385 g/mol. The molecule has 0 aliphatic heterocycles. The van der Waals surface area contributed by atoms with Crippen LogP contribution in [0.3, 0.4) is 0 Å². The number of nitrogens with zero attached hydrogens (tertiary/aromatic N) is 3. The zero-order valence-electron chi connectivity index (χ0n) is 17.3. The Morgan fingerprint density at radius 2 is 1.41 bits per heavy atom. The standard InChI is InChI=1S/C24H27N5/c1-4-6-23-25-19-11-9-17(14-21(19)27-23)7-8-18-10-12-20-22(15-18)28-24(26-20)16-29(3)13-5-2/h9-12,14-15H,4-6,13,16H2,1-3H3,(H,25,27)(H,26,28). The first kappa shape index (κ1) is 19.2. The molecule has 0 atom stereocenters. The number of benzene rings is 2. The molecule has 0 bridgehead atoms. The molecule has 2 N–H and O–H groups in total. The minimum absolute atomic E-state index is 0.827. The number of hydrogen-bond donors (Lipinski definition) is 2. The van der Waals surface area contributed by atoms with Crippen LogP contribution < -0.4 is 0 Å². The molecule has 2 aromatic carbocycles. The van der Waals surface area contributed by atoms with Crippen molar-refractivity contribution in [1.82, 2.24) is 24.8 Å². The summed E-state index contributed by atoms with van der Waals surface area (Å²) in [5, 5.41) is 0. The van der Waals surface area contributed by atoms with Gasteiger partial charge in [0.05, 0.1) is 28.6 Å². The van der Waals surface area contributed by atoms with Crippen LogP contribution in [0, 0.1) is 11.8 Å². The van der Waals surface area contributed by atoms with E-state index in [1.54, 1.807) is 0 Å². The summed E-state index contributed by atoms with van der Waals surface area (Å²) in [6.07, 6.45) is 3.19. The maximum atomic E-state index is 4.69. The summed E-state index contributed by atoms with van der Waals surface area (Å²) in [7, 11) is 2.12. The first-order chi connectivity index (χ1) is 14.1. The predicted molar refractivity (Wildman–Crippen MR) is 119 cm³/mol. The highest BCUT2D eigenvalue weighted by molar-refractivity contribution is 5.78. The molecule has 2 aromatic heterocycles. The Kier molecular flexibility index (Phi) is 5.64. The number of H-pyrrole nitrogens is 2. The second kappa shape index (κ2) is 8.50. The van der Waals surface area contributed by atoms with Gasteiger partial charge in [0.2, 0.25) is 0 Å². The molecule has 148 valence electrons. The van der Waals surface area contributed by atoms with Crippen LogP contribution in [0.15, 0.2) is 36.4 Å². The van der Waals surface area contributed by atoms with Gasteiger partial charge >= 0.3 is 0 Å². The molecule has 4 aromatic rings. The number of nitrogens with one attached hydrogen (secondary N) is 2. The van der Waals surface area contributed by atoms with Gasteiger partial charge in [-0.3, -0.25) is 4.90 Å². The van der Waals surface area contributed by atoms with Crippen LogP contribution in [-0.4, -0.2) is 38.4 Å². The van der Waals surface area contributed by atoms with Crippen LogP contribution in [0.5, 0.6) is 0 Å². The Hall–Kier alpha value is -3.10. The normalized spacial score (nSPS) is 11.3. The van der Waals surface area contributed by atoms with Crippen LogP contribution in [0.1, 0.15) is 49.5 Å². The third-order valence-electron chi connectivity index (χ3n) is 4.92. The lowest BCUT2D eigenvalue weighted by Gasteiger charge is -2.12. The minimum Gasteiger partial charge on any atom is -0.342 e. The fourth-order valence-electron chi connectivity index (χ4n) is 3.57. The van der Waals surface area contributed by atoms with Crippen LogP contribution >= 0.6 is 0 Å². The van der Waals surface area contributed by atoms with Crippen LogP contribution in [0.25, 0.3) is 22.1 Å². The number of aryl methyl sites for hydroxylation is 1. The van der Waals surface area contributed by atoms with Crippen molar-refractivity contribution >= 4 is 22.1 Å². The van der Waals surface area contributed by atoms with Gasteiger partial charge in [0.15, 0.2) is 0 Å². The SMILES string of the molecule is CCCc1nc2ccc(C#Cc3ccc4nc(CN(C)CCC)[nH]c4c3)cc2[nH]1. The molecule has 29 heavy (non-hydrogen) atoms. The fourth-order valence-corrected chi connectivity index (χ4v) is 3.57. The van der Waals surface area contributed by atoms with Crippen LogP contribution in [0.2, 0.25) is 0 Å². The van der Waals surface area contributed by atoms with Gasteiger partial charge in [0.25, 0.3) is 0 Å². The summed E-state index contributed by atoms with van der Waals surface area (Å²) in [6.45, 7) is 6.24. The van der Waals surface area contributed by atoms with E-state index in [1.165, 1.54) is 0 Å². The summed E-state index contributed by atoms with van der Waals surface area (Å²) in [6, 6.07) is 12.3. The van der Waals surface area contributed by atoms with E-state index >= 15 is 0 Å². The van der Waals surface area contributed by atoms with Gasteiger partial charge in [-0.1, -0.05) is 25.7 Å². The van der Waals surface area contributed by atoms with E-state index in [2.05, 4.69) is 69.7 Å². The molecule has 4 rings (SSSR count). The number of imidazole rings is 2. The molecule has 0 aliphatic carbocycles. The number of aromatic amines is 2. The van der Waals surface area contributed by atoms with Crippen molar-refractivity contribution in [3.8, 4) is 11.8 Å². The minimum atomic E-state index is 0.827. The van der Waals surface area contributed by atoms with Crippen molar-refractivity contribution in [3.63, 3.8) is 0 Å². The summed E-state index contributed by atoms with van der Waals surface area (Å²) >= 11 is 0. The summed E-state index contributed by atoms with van der Waals surface area (Å²) in [5.41, 5.74) is 6.02. The van der Waals surface area contributed by atoms with E-state index < -0.39 is 0 Å². The zero-order valence-corrected chi connectivity index (χ0v) is 17.3. The maximum absolute atomic E-state index is 4.69. The molecule has 5 nitrogen and oxygen atoms in total. The van der Waals surface area contributed by atoms with Crippen LogP contribution in [0.4, 0.5) is 0 Å². The average molecular weight is 386 g/mol. The first-order valence-corrected chi connectivity index (χ1v) is 10.3. The van der Waals surface area contributed by atoms with E-state index in [4.69, 9.17) is 0 Å². The Morgan fingerprint density at radius 3 is 2.00 bits per heavy atom. The van der Waals surface area contributed by atoms with E-state index in [0.717, 1.165) is 77.2 Å². The maximum Gasteiger partial charge on any atom is 0.121 e. The lowest BCUT2D eigenvalue weighted by molar-refractivity contribution is 0.320. The molecule has 0 unspecified atom stereocenters. The van der Waals surface area contributed by atoms with Crippen molar-refractivity contribution in [2.45, 2.75) is 39.7 Å². The van der Waals surface area contributed by atoms with Gasteiger partial charge in [-0.2, -0.15) is 0 Å². The van der Waals surface area contributed by atoms with Crippen LogP contribution in [-0.2, 0) is 13.0 Å². The highest BCUT2D eigenvalue weighted by atomic mass is 15.1.